The van der Waals surface area contributed by atoms with Crippen LogP contribution in [0.1, 0.15) is 5.56 Å². The van der Waals surface area contributed by atoms with Crippen molar-refractivity contribution in [2.45, 2.75) is 0 Å². The smallest absolute Gasteiger partial charge is 0.277 e. The molecule has 0 aliphatic carbocycles. The molecule has 0 aromatic heterocycles. The maximum atomic E-state index is 13.6. The quantitative estimate of drug-likeness (QED) is 0.791. The first-order valence-corrected chi connectivity index (χ1v) is 6.61. The number of nitrogens with zero attached hydrogens (tertiary/aromatic N) is 2. The van der Waals surface area contributed by atoms with Gasteiger partial charge in [0, 0.05) is 10.5 Å². The lowest BCUT2D eigenvalue weighted by molar-refractivity contribution is -0.137. The van der Waals surface area contributed by atoms with E-state index in [0.29, 0.717) is 4.47 Å². The molecule has 0 unspecified atom stereocenters. The summed E-state index contributed by atoms with van der Waals surface area (Å²) in [5.74, 6) is -1.90. The van der Waals surface area contributed by atoms with Gasteiger partial charge in [0.15, 0.2) is 0 Å². The monoisotopic (exact) mass is 353 g/mol. The Bertz CT molecular complexity index is 697. The highest BCUT2D eigenvalue weighted by Crippen LogP contribution is 2.28. The first kappa shape index (κ1) is 15.2. The predicted molar refractivity (Wildman–Crippen MR) is 74.3 cm³/mol. The van der Waals surface area contributed by atoms with E-state index in [9.17, 15) is 14.0 Å². The van der Waals surface area contributed by atoms with Crippen LogP contribution in [0.2, 0.25) is 0 Å². The van der Waals surface area contributed by atoms with Crippen LogP contribution in [0.3, 0.4) is 0 Å². The summed E-state index contributed by atoms with van der Waals surface area (Å²) in [6.45, 7) is -0.448. The zero-order valence-corrected chi connectivity index (χ0v) is 12.1. The molecule has 2 N–H and O–H groups in total. The maximum absolute atomic E-state index is 13.6. The van der Waals surface area contributed by atoms with Crippen molar-refractivity contribution in [2.75, 3.05) is 18.5 Å². The highest BCUT2D eigenvalue weighted by molar-refractivity contribution is 9.10. The minimum absolute atomic E-state index is 0.0294. The van der Waals surface area contributed by atoms with Crippen molar-refractivity contribution >= 4 is 33.4 Å². The lowest BCUT2D eigenvalue weighted by Gasteiger charge is -2.14. The Balaban J connectivity index is 2.26. The Labute approximate surface area is 127 Å². The van der Waals surface area contributed by atoms with Crippen LogP contribution in [0.4, 0.5) is 10.1 Å². The molecule has 21 heavy (non-hydrogen) atoms. The lowest BCUT2D eigenvalue weighted by atomic mass is 10.2. The number of anilines is 1. The van der Waals surface area contributed by atoms with Crippen molar-refractivity contribution in [3.05, 3.63) is 39.8 Å². The first-order chi connectivity index (χ1) is 9.97. The second kappa shape index (κ2) is 6.03. The number of carbonyl (C=O) groups excluding carboxylic acids is 2. The molecule has 0 radical (unpaired) electrons. The number of imide groups is 1. The fourth-order valence-corrected chi connectivity index (χ4v) is 2.23. The summed E-state index contributed by atoms with van der Waals surface area (Å²) in [5, 5.41) is 20.2. The number of β-amino-alcohol motifs (C(OH)–C–C–N with tert-alkyl or cyclic N) is 1. The molecule has 2 rings (SSSR count). The molecule has 0 bridgehead atoms. The van der Waals surface area contributed by atoms with E-state index in [-0.39, 0.29) is 30.1 Å². The normalized spacial score (nSPS) is 14.2. The van der Waals surface area contributed by atoms with Gasteiger partial charge in [0.05, 0.1) is 24.4 Å². The average Bonchev–Trinajstić information content (AvgIpc) is 2.70. The SMILES string of the molecule is N#Cc1cc(Br)c(NC2=CC(=O)N(CCO)C2=O)cc1F. The zero-order valence-electron chi connectivity index (χ0n) is 10.6. The molecule has 1 aromatic carbocycles. The molecule has 1 aliphatic heterocycles. The largest absolute Gasteiger partial charge is 0.395 e. The molecule has 1 aromatic rings. The average molecular weight is 354 g/mol. The predicted octanol–water partition coefficient (Wildman–Crippen LogP) is 1.12. The fourth-order valence-electron chi connectivity index (χ4n) is 1.78. The van der Waals surface area contributed by atoms with E-state index in [4.69, 9.17) is 10.4 Å². The van der Waals surface area contributed by atoms with Gasteiger partial charge in [-0.2, -0.15) is 5.26 Å². The summed E-state index contributed by atoms with van der Waals surface area (Å²) in [6.07, 6.45) is 1.07. The molecular formula is C13H9BrFN3O3. The Morgan fingerprint density at radius 1 is 1.43 bits per heavy atom. The van der Waals surface area contributed by atoms with E-state index in [1.807, 2.05) is 0 Å². The third-order valence-corrected chi connectivity index (χ3v) is 3.44. The minimum Gasteiger partial charge on any atom is -0.395 e. The highest BCUT2D eigenvalue weighted by Gasteiger charge is 2.31. The van der Waals surface area contributed by atoms with Crippen LogP contribution in [0.15, 0.2) is 28.4 Å². The molecular weight excluding hydrogens is 345 g/mol. The van der Waals surface area contributed by atoms with Crippen molar-refractivity contribution in [1.82, 2.24) is 4.90 Å². The van der Waals surface area contributed by atoms with E-state index >= 15 is 0 Å². The van der Waals surface area contributed by atoms with Crippen LogP contribution >= 0.6 is 15.9 Å². The number of halogens is 2. The van der Waals surface area contributed by atoms with Crippen molar-refractivity contribution in [1.29, 1.82) is 5.26 Å². The van der Waals surface area contributed by atoms with Crippen LogP contribution in [0.5, 0.6) is 0 Å². The van der Waals surface area contributed by atoms with Gasteiger partial charge in [0.25, 0.3) is 11.8 Å². The summed E-state index contributed by atoms with van der Waals surface area (Å²) < 4.78 is 14.0. The molecule has 1 heterocycles. The fraction of sp³-hybridized carbons (Fsp3) is 0.154. The number of nitriles is 1. The molecule has 0 saturated heterocycles. The standard InChI is InChI=1S/C13H9BrFN3O3/c14-8-3-7(6-16)9(15)4-10(8)17-11-5-12(20)18(1-2-19)13(11)21/h3-5,17,19H,1-2H2. The van der Waals surface area contributed by atoms with Crippen molar-refractivity contribution in [3.8, 4) is 6.07 Å². The maximum Gasteiger partial charge on any atom is 0.277 e. The van der Waals surface area contributed by atoms with Gasteiger partial charge in [0.1, 0.15) is 17.6 Å². The van der Waals surface area contributed by atoms with Crippen LogP contribution in [0.25, 0.3) is 0 Å². The highest BCUT2D eigenvalue weighted by atomic mass is 79.9. The second-order valence-corrected chi connectivity index (χ2v) is 4.98. The first-order valence-electron chi connectivity index (χ1n) is 5.82. The van der Waals surface area contributed by atoms with Gasteiger partial charge < -0.3 is 10.4 Å². The number of hydrogen-bond acceptors (Lipinski definition) is 5. The van der Waals surface area contributed by atoms with E-state index in [1.165, 1.54) is 6.07 Å². The summed E-state index contributed by atoms with van der Waals surface area (Å²) in [5.41, 5.74) is 0.0418. The number of carbonyl (C=O) groups is 2. The number of amides is 2. The van der Waals surface area contributed by atoms with Gasteiger partial charge in [-0.25, -0.2) is 4.39 Å². The number of hydrogen-bond donors (Lipinski definition) is 2. The van der Waals surface area contributed by atoms with Crippen LogP contribution < -0.4 is 5.32 Å². The summed E-state index contributed by atoms with van der Waals surface area (Å²) in [7, 11) is 0. The molecule has 2 amide bonds. The number of nitrogens with one attached hydrogen (secondary N) is 1. The van der Waals surface area contributed by atoms with Crippen LogP contribution in [-0.4, -0.2) is 35.0 Å². The van der Waals surface area contributed by atoms with Crippen molar-refractivity contribution in [2.24, 2.45) is 0 Å². The Kier molecular flexibility index (Phi) is 4.35. The van der Waals surface area contributed by atoms with Crippen LogP contribution in [0, 0.1) is 17.1 Å². The third kappa shape index (κ3) is 2.94. The summed E-state index contributed by atoms with van der Waals surface area (Å²) >= 11 is 3.15. The lowest BCUT2D eigenvalue weighted by Crippen LogP contribution is -2.34. The summed E-state index contributed by atoms with van der Waals surface area (Å²) in [6, 6.07) is 4.01. The summed E-state index contributed by atoms with van der Waals surface area (Å²) in [4.78, 5) is 24.4. The van der Waals surface area contributed by atoms with Gasteiger partial charge in [-0.3, -0.25) is 14.5 Å². The van der Waals surface area contributed by atoms with Gasteiger partial charge in [0.2, 0.25) is 0 Å². The molecule has 0 saturated carbocycles. The Morgan fingerprint density at radius 2 is 2.14 bits per heavy atom. The van der Waals surface area contributed by atoms with Crippen LogP contribution in [-0.2, 0) is 9.59 Å². The topological polar surface area (TPSA) is 93.4 Å². The van der Waals surface area contributed by atoms with Gasteiger partial charge >= 0.3 is 0 Å². The third-order valence-electron chi connectivity index (χ3n) is 2.78. The Hall–Kier alpha value is -2.24. The molecule has 8 heteroatoms. The minimum atomic E-state index is -0.743. The molecule has 0 spiro atoms. The van der Waals surface area contributed by atoms with Crippen molar-refractivity contribution in [3.63, 3.8) is 0 Å². The molecule has 1 aliphatic rings. The number of rotatable bonds is 4. The molecule has 0 fully saturated rings. The molecule has 0 atom stereocenters. The van der Waals surface area contributed by atoms with E-state index in [2.05, 4.69) is 21.2 Å². The second-order valence-electron chi connectivity index (χ2n) is 4.13. The molecule has 108 valence electrons. The van der Waals surface area contributed by atoms with Gasteiger partial charge in [-0.1, -0.05) is 0 Å². The zero-order chi connectivity index (χ0) is 15.6. The van der Waals surface area contributed by atoms with E-state index in [1.54, 1.807) is 6.07 Å². The van der Waals surface area contributed by atoms with Gasteiger partial charge in [-0.15, -0.1) is 0 Å². The van der Waals surface area contributed by atoms with Crippen molar-refractivity contribution < 1.29 is 19.1 Å². The number of benzene rings is 1. The Morgan fingerprint density at radius 3 is 2.76 bits per heavy atom. The van der Waals surface area contributed by atoms with E-state index in [0.717, 1.165) is 17.0 Å². The molecule has 6 nitrogen and oxygen atoms in total. The number of aliphatic hydroxyl groups is 1. The van der Waals surface area contributed by atoms with E-state index < -0.39 is 17.6 Å². The number of aliphatic hydroxyl groups excluding tert-OH is 1. The van der Waals surface area contributed by atoms with Gasteiger partial charge in [-0.05, 0) is 28.1 Å².